The lowest BCUT2D eigenvalue weighted by Gasteiger charge is -2.25. The van der Waals surface area contributed by atoms with Crippen LogP contribution < -0.4 is 0 Å². The fraction of sp³-hybridized carbons (Fsp3) is 0.923. The summed E-state index contributed by atoms with van der Waals surface area (Å²) in [5.74, 6) is 0.0541. The summed E-state index contributed by atoms with van der Waals surface area (Å²) in [6.45, 7) is 13.4. The van der Waals surface area contributed by atoms with Gasteiger partial charge in [-0.3, -0.25) is 9.59 Å². The minimum Gasteiger partial charge on any atom is -0.465 e. The van der Waals surface area contributed by atoms with Gasteiger partial charge in [-0.25, -0.2) is 0 Å². The maximum absolute atomic E-state index is 13.1. The molecule has 0 bridgehead atoms. The molecule has 0 aromatic rings. The van der Waals surface area contributed by atoms with E-state index >= 15 is 0 Å². The quantitative estimate of drug-likeness (QED) is 0.214. The van der Waals surface area contributed by atoms with Crippen molar-refractivity contribution in [3.63, 3.8) is 0 Å². The van der Waals surface area contributed by atoms with Crippen molar-refractivity contribution < 1.29 is 19.1 Å². The van der Waals surface area contributed by atoms with Crippen LogP contribution >= 0.6 is 0 Å². The maximum Gasteiger partial charge on any atom is 0.310 e. The molecular weight excluding hydrogens is 376 g/mol. The molecule has 30 heavy (non-hydrogen) atoms. The van der Waals surface area contributed by atoms with Gasteiger partial charge in [0.1, 0.15) is 0 Å². The summed E-state index contributed by atoms with van der Waals surface area (Å²) in [5.41, 5.74) is 0. The number of ether oxygens (including phenoxy) is 2. The molecule has 1 rings (SSSR count). The van der Waals surface area contributed by atoms with Gasteiger partial charge in [0.2, 0.25) is 0 Å². The van der Waals surface area contributed by atoms with Gasteiger partial charge in [0.15, 0.2) is 0 Å². The average Bonchev–Trinajstić information content (AvgIpc) is 3.06. The van der Waals surface area contributed by atoms with Gasteiger partial charge in [0.05, 0.1) is 25.0 Å². The first-order valence-corrected chi connectivity index (χ1v) is 12.6. The highest BCUT2D eigenvalue weighted by molar-refractivity contribution is 5.83. The van der Waals surface area contributed by atoms with E-state index in [9.17, 15) is 9.59 Å². The summed E-state index contributed by atoms with van der Waals surface area (Å²) >= 11 is 0. The van der Waals surface area contributed by atoms with Crippen LogP contribution in [0, 0.1) is 35.5 Å². The standard InChI is InChI=1S/C26H48O4/c1-7-9-11-13-15-22-16-21(14-12-10-8-2)23(25(27)29-17-19(3)4)24(22)26(28)30-18-20(5)6/h19-24H,7-18H2,1-6H3. The molecule has 4 atom stereocenters. The van der Waals surface area contributed by atoms with Crippen molar-refractivity contribution in [1.82, 2.24) is 0 Å². The fourth-order valence-corrected chi connectivity index (χ4v) is 4.72. The van der Waals surface area contributed by atoms with E-state index in [1.165, 1.54) is 25.7 Å². The zero-order valence-corrected chi connectivity index (χ0v) is 20.6. The second-order valence-corrected chi connectivity index (χ2v) is 10.2. The van der Waals surface area contributed by atoms with E-state index in [4.69, 9.17) is 9.47 Å². The molecule has 0 aromatic heterocycles. The van der Waals surface area contributed by atoms with E-state index in [2.05, 4.69) is 13.8 Å². The lowest BCUT2D eigenvalue weighted by Crippen LogP contribution is -2.35. The third kappa shape index (κ3) is 9.39. The minimum atomic E-state index is -0.337. The molecule has 1 aliphatic rings. The summed E-state index contributed by atoms with van der Waals surface area (Å²) < 4.78 is 11.4. The first-order valence-electron chi connectivity index (χ1n) is 12.6. The normalized spacial score (nSPS) is 23.9. The van der Waals surface area contributed by atoms with Crippen molar-refractivity contribution in [3.05, 3.63) is 0 Å². The van der Waals surface area contributed by atoms with Gasteiger partial charge >= 0.3 is 11.9 Å². The molecule has 0 aliphatic heterocycles. The summed E-state index contributed by atoms with van der Waals surface area (Å²) in [6, 6.07) is 0. The molecule has 0 saturated heterocycles. The Labute approximate surface area is 185 Å². The Morgan fingerprint density at radius 2 is 1.10 bits per heavy atom. The maximum atomic E-state index is 13.1. The van der Waals surface area contributed by atoms with Crippen molar-refractivity contribution >= 4 is 11.9 Å². The number of hydrogen-bond acceptors (Lipinski definition) is 4. The van der Waals surface area contributed by atoms with Crippen LogP contribution in [0.3, 0.4) is 0 Å². The third-order valence-electron chi connectivity index (χ3n) is 6.28. The van der Waals surface area contributed by atoms with Gasteiger partial charge in [-0.15, -0.1) is 0 Å². The van der Waals surface area contributed by atoms with E-state index in [-0.39, 0.29) is 35.6 Å². The lowest BCUT2D eigenvalue weighted by atomic mass is 9.83. The highest BCUT2D eigenvalue weighted by Gasteiger charge is 2.51. The monoisotopic (exact) mass is 424 g/mol. The number of hydrogen-bond donors (Lipinski definition) is 0. The van der Waals surface area contributed by atoms with Crippen LogP contribution in [0.15, 0.2) is 0 Å². The smallest absolute Gasteiger partial charge is 0.310 e. The predicted octanol–water partition coefficient (Wildman–Crippen LogP) is 6.80. The van der Waals surface area contributed by atoms with Crippen molar-refractivity contribution in [2.75, 3.05) is 13.2 Å². The Kier molecular flexibility index (Phi) is 13.4. The largest absolute Gasteiger partial charge is 0.465 e. The molecule has 0 spiro atoms. The molecular formula is C26H48O4. The predicted molar refractivity (Wildman–Crippen MR) is 123 cm³/mol. The molecule has 1 saturated carbocycles. The molecule has 1 fully saturated rings. The molecule has 0 N–H and O–H groups in total. The Hall–Kier alpha value is -1.06. The molecule has 0 amide bonds. The second kappa shape index (κ2) is 14.9. The molecule has 4 heteroatoms. The van der Waals surface area contributed by atoms with E-state index in [1.807, 2.05) is 27.7 Å². The first kappa shape index (κ1) is 27.0. The van der Waals surface area contributed by atoms with Gasteiger partial charge in [-0.2, -0.15) is 0 Å². The van der Waals surface area contributed by atoms with Gasteiger partial charge in [-0.1, -0.05) is 86.5 Å². The summed E-state index contributed by atoms with van der Waals surface area (Å²) in [4.78, 5) is 26.3. The van der Waals surface area contributed by atoms with Crippen LogP contribution in [0.1, 0.15) is 106 Å². The fourth-order valence-electron chi connectivity index (χ4n) is 4.72. The molecule has 0 heterocycles. The summed E-state index contributed by atoms with van der Waals surface area (Å²) in [6.07, 6.45) is 11.2. The number of unbranched alkanes of at least 4 members (excludes halogenated alkanes) is 5. The van der Waals surface area contributed by atoms with Crippen molar-refractivity contribution in [3.8, 4) is 0 Å². The number of rotatable bonds is 15. The molecule has 0 aromatic carbocycles. The van der Waals surface area contributed by atoms with Crippen LogP contribution in [0.2, 0.25) is 0 Å². The van der Waals surface area contributed by atoms with Gasteiger partial charge < -0.3 is 9.47 Å². The van der Waals surface area contributed by atoms with Crippen LogP contribution in [0.25, 0.3) is 0 Å². The van der Waals surface area contributed by atoms with E-state index < -0.39 is 0 Å². The van der Waals surface area contributed by atoms with E-state index in [0.29, 0.717) is 25.0 Å². The Bertz CT molecular complexity index is 485. The minimum absolute atomic E-state index is 0.173. The van der Waals surface area contributed by atoms with Crippen molar-refractivity contribution in [1.29, 1.82) is 0 Å². The topological polar surface area (TPSA) is 52.6 Å². The second-order valence-electron chi connectivity index (χ2n) is 10.2. The highest BCUT2D eigenvalue weighted by atomic mass is 16.5. The highest BCUT2D eigenvalue weighted by Crippen LogP contribution is 2.47. The van der Waals surface area contributed by atoms with Crippen molar-refractivity contribution in [2.45, 2.75) is 106 Å². The number of carbonyl (C=O) groups excluding carboxylic acids is 2. The van der Waals surface area contributed by atoms with Gasteiger partial charge in [-0.05, 0) is 42.9 Å². The van der Waals surface area contributed by atoms with E-state index in [1.54, 1.807) is 0 Å². The molecule has 0 radical (unpaired) electrons. The Balaban J connectivity index is 3.00. The number of carbonyl (C=O) groups is 2. The molecule has 4 unspecified atom stereocenters. The molecule has 4 nitrogen and oxygen atoms in total. The summed E-state index contributed by atoms with van der Waals surface area (Å²) in [5, 5.41) is 0. The van der Waals surface area contributed by atoms with Crippen LogP contribution in [0.4, 0.5) is 0 Å². The van der Waals surface area contributed by atoms with Gasteiger partial charge in [0, 0.05) is 0 Å². The van der Waals surface area contributed by atoms with Crippen molar-refractivity contribution in [2.24, 2.45) is 35.5 Å². The average molecular weight is 425 g/mol. The Morgan fingerprint density at radius 3 is 1.50 bits per heavy atom. The van der Waals surface area contributed by atoms with Crippen LogP contribution in [-0.2, 0) is 19.1 Å². The van der Waals surface area contributed by atoms with Crippen LogP contribution in [0.5, 0.6) is 0 Å². The Morgan fingerprint density at radius 1 is 0.700 bits per heavy atom. The zero-order valence-electron chi connectivity index (χ0n) is 20.6. The molecule has 1 aliphatic carbocycles. The molecule has 176 valence electrons. The third-order valence-corrected chi connectivity index (χ3v) is 6.28. The first-order chi connectivity index (χ1) is 14.3. The van der Waals surface area contributed by atoms with E-state index in [0.717, 1.165) is 38.5 Å². The van der Waals surface area contributed by atoms with Gasteiger partial charge in [0.25, 0.3) is 0 Å². The zero-order chi connectivity index (χ0) is 22.5. The lowest BCUT2D eigenvalue weighted by molar-refractivity contribution is -0.163. The number of esters is 2. The summed E-state index contributed by atoms with van der Waals surface area (Å²) in [7, 11) is 0. The van der Waals surface area contributed by atoms with Crippen LogP contribution in [-0.4, -0.2) is 25.2 Å². The SMILES string of the molecule is CCCCCCC1CC(CCCCC)C(C(=O)OCC(C)C)C1C(=O)OCC(C)C.